The Balaban J connectivity index is 2.13. The van der Waals surface area contributed by atoms with Crippen LogP contribution in [-0.4, -0.2) is 23.7 Å². The molecule has 1 aliphatic carbocycles. The van der Waals surface area contributed by atoms with Gasteiger partial charge in [0.1, 0.15) is 6.04 Å². The molecular formula is C10H17NO2. The summed E-state index contributed by atoms with van der Waals surface area (Å²) >= 11 is 0. The summed E-state index contributed by atoms with van der Waals surface area (Å²) in [5, 5.41) is 12.2. The average Bonchev–Trinajstić information content (AvgIpc) is 2.50. The van der Waals surface area contributed by atoms with Gasteiger partial charge in [0.15, 0.2) is 0 Å². The Kier molecular flexibility index (Phi) is 2.28. The summed E-state index contributed by atoms with van der Waals surface area (Å²) in [6.45, 7) is 0.886. The van der Waals surface area contributed by atoms with Gasteiger partial charge in [-0.25, -0.2) is 0 Å². The second kappa shape index (κ2) is 3.29. The van der Waals surface area contributed by atoms with Gasteiger partial charge in [-0.2, -0.15) is 0 Å². The molecule has 13 heavy (non-hydrogen) atoms. The van der Waals surface area contributed by atoms with Crippen LogP contribution in [0, 0.1) is 5.41 Å². The van der Waals surface area contributed by atoms with E-state index in [4.69, 9.17) is 5.11 Å². The van der Waals surface area contributed by atoms with Crippen LogP contribution < -0.4 is 5.32 Å². The van der Waals surface area contributed by atoms with E-state index < -0.39 is 5.97 Å². The second-order valence-corrected chi connectivity index (χ2v) is 4.40. The number of aliphatic carboxylic acids is 1. The smallest absolute Gasteiger partial charge is 0.321 e. The Morgan fingerprint density at radius 1 is 1.23 bits per heavy atom. The van der Waals surface area contributed by atoms with E-state index >= 15 is 0 Å². The summed E-state index contributed by atoms with van der Waals surface area (Å²) in [7, 11) is 0. The highest BCUT2D eigenvalue weighted by atomic mass is 16.4. The predicted molar refractivity (Wildman–Crippen MR) is 49.6 cm³/mol. The van der Waals surface area contributed by atoms with Crippen LogP contribution >= 0.6 is 0 Å². The standard InChI is InChI=1S/C10H17NO2/c12-9(13)8-10(6-7-11-8)4-2-1-3-5-10/h8,11H,1-7H2,(H,12,13). The van der Waals surface area contributed by atoms with Crippen LogP contribution in [0.2, 0.25) is 0 Å². The number of carboxylic acids is 1. The third-order valence-corrected chi connectivity index (χ3v) is 3.68. The van der Waals surface area contributed by atoms with Crippen LogP contribution in [0.1, 0.15) is 38.5 Å². The average molecular weight is 183 g/mol. The van der Waals surface area contributed by atoms with Gasteiger partial charge >= 0.3 is 5.97 Å². The molecule has 3 heteroatoms. The van der Waals surface area contributed by atoms with Crippen LogP contribution in [0.15, 0.2) is 0 Å². The number of hydrogen-bond acceptors (Lipinski definition) is 2. The molecule has 1 unspecified atom stereocenters. The van der Waals surface area contributed by atoms with Gasteiger partial charge in [-0.15, -0.1) is 0 Å². The van der Waals surface area contributed by atoms with E-state index in [9.17, 15) is 4.79 Å². The molecule has 2 aliphatic rings. The lowest BCUT2D eigenvalue weighted by atomic mass is 9.69. The molecule has 1 aliphatic heterocycles. The quantitative estimate of drug-likeness (QED) is 0.645. The highest BCUT2D eigenvalue weighted by molar-refractivity contribution is 5.75. The van der Waals surface area contributed by atoms with Crippen molar-refractivity contribution in [2.45, 2.75) is 44.6 Å². The fourth-order valence-corrected chi connectivity index (χ4v) is 2.97. The molecule has 2 fully saturated rings. The first-order chi connectivity index (χ1) is 6.25. The summed E-state index contributed by atoms with van der Waals surface area (Å²) in [6, 6.07) is -0.271. The fraction of sp³-hybridized carbons (Fsp3) is 0.900. The summed E-state index contributed by atoms with van der Waals surface area (Å²) in [4.78, 5) is 11.0. The van der Waals surface area contributed by atoms with Crippen LogP contribution in [0.25, 0.3) is 0 Å². The van der Waals surface area contributed by atoms with Crippen LogP contribution in [0.5, 0.6) is 0 Å². The van der Waals surface area contributed by atoms with Gasteiger partial charge < -0.3 is 10.4 Å². The van der Waals surface area contributed by atoms with Crippen molar-refractivity contribution in [3.05, 3.63) is 0 Å². The number of rotatable bonds is 1. The molecule has 1 saturated carbocycles. The first-order valence-corrected chi connectivity index (χ1v) is 5.21. The van der Waals surface area contributed by atoms with Crippen LogP contribution in [-0.2, 0) is 4.79 Å². The van der Waals surface area contributed by atoms with E-state index in [1.807, 2.05) is 0 Å². The predicted octanol–water partition coefficient (Wildman–Crippen LogP) is 1.38. The van der Waals surface area contributed by atoms with Crippen LogP contribution in [0.4, 0.5) is 0 Å². The van der Waals surface area contributed by atoms with Gasteiger partial charge in [0.25, 0.3) is 0 Å². The van der Waals surface area contributed by atoms with Gasteiger partial charge in [-0.1, -0.05) is 19.3 Å². The van der Waals surface area contributed by atoms with E-state index in [1.165, 1.54) is 19.3 Å². The Hall–Kier alpha value is -0.570. The van der Waals surface area contributed by atoms with Gasteiger partial charge in [0.2, 0.25) is 0 Å². The molecule has 3 nitrogen and oxygen atoms in total. The maximum Gasteiger partial charge on any atom is 0.321 e. The van der Waals surface area contributed by atoms with Crippen molar-refractivity contribution in [2.24, 2.45) is 5.41 Å². The molecule has 74 valence electrons. The van der Waals surface area contributed by atoms with Crippen molar-refractivity contribution in [3.8, 4) is 0 Å². The largest absolute Gasteiger partial charge is 0.480 e. The number of carboxylic acid groups (broad SMARTS) is 1. The second-order valence-electron chi connectivity index (χ2n) is 4.40. The molecule has 2 N–H and O–H groups in total. The highest BCUT2D eigenvalue weighted by Gasteiger charge is 2.46. The Bertz CT molecular complexity index is 209. The van der Waals surface area contributed by atoms with E-state index in [2.05, 4.69) is 5.32 Å². The third kappa shape index (κ3) is 1.46. The minimum Gasteiger partial charge on any atom is -0.480 e. The Morgan fingerprint density at radius 3 is 2.54 bits per heavy atom. The molecule has 1 atom stereocenters. The third-order valence-electron chi connectivity index (χ3n) is 3.68. The Morgan fingerprint density at radius 2 is 1.92 bits per heavy atom. The number of nitrogens with one attached hydrogen (secondary N) is 1. The van der Waals surface area contributed by atoms with Gasteiger partial charge in [0, 0.05) is 0 Å². The highest BCUT2D eigenvalue weighted by Crippen LogP contribution is 2.44. The first-order valence-electron chi connectivity index (χ1n) is 5.21. The molecule has 0 aromatic carbocycles. The topological polar surface area (TPSA) is 49.3 Å². The van der Waals surface area contributed by atoms with Crippen molar-refractivity contribution >= 4 is 5.97 Å². The van der Waals surface area contributed by atoms with E-state index in [0.29, 0.717) is 0 Å². The van der Waals surface area contributed by atoms with Crippen molar-refractivity contribution in [3.63, 3.8) is 0 Å². The molecule has 1 saturated heterocycles. The minimum absolute atomic E-state index is 0.101. The minimum atomic E-state index is -0.653. The summed E-state index contributed by atoms with van der Waals surface area (Å²) < 4.78 is 0. The van der Waals surface area contributed by atoms with Crippen molar-refractivity contribution in [2.75, 3.05) is 6.54 Å². The van der Waals surface area contributed by atoms with Gasteiger partial charge in [-0.05, 0) is 31.2 Å². The van der Waals surface area contributed by atoms with E-state index in [0.717, 1.165) is 25.8 Å². The Labute approximate surface area is 78.5 Å². The van der Waals surface area contributed by atoms with Gasteiger partial charge in [-0.3, -0.25) is 4.79 Å². The normalized spacial score (nSPS) is 32.2. The lowest BCUT2D eigenvalue weighted by Gasteiger charge is -2.36. The molecule has 0 aromatic heterocycles. The SMILES string of the molecule is O=C(O)C1NCCC12CCCCC2. The molecule has 2 rings (SSSR count). The van der Waals surface area contributed by atoms with Crippen molar-refractivity contribution in [1.29, 1.82) is 0 Å². The zero-order valence-electron chi connectivity index (χ0n) is 7.88. The number of hydrogen-bond donors (Lipinski definition) is 2. The lowest BCUT2D eigenvalue weighted by molar-refractivity contribution is -0.142. The monoisotopic (exact) mass is 183 g/mol. The molecule has 1 heterocycles. The molecule has 0 aromatic rings. The van der Waals surface area contributed by atoms with Gasteiger partial charge in [0.05, 0.1) is 0 Å². The zero-order valence-corrected chi connectivity index (χ0v) is 7.88. The fourth-order valence-electron chi connectivity index (χ4n) is 2.97. The lowest BCUT2D eigenvalue weighted by Crippen LogP contribution is -2.44. The van der Waals surface area contributed by atoms with E-state index in [-0.39, 0.29) is 11.5 Å². The number of carbonyl (C=O) groups is 1. The maximum absolute atomic E-state index is 11.0. The summed E-state index contributed by atoms with van der Waals surface area (Å²) in [5.41, 5.74) is 0.101. The van der Waals surface area contributed by atoms with Crippen LogP contribution in [0.3, 0.4) is 0 Å². The van der Waals surface area contributed by atoms with E-state index in [1.54, 1.807) is 0 Å². The summed E-state index contributed by atoms with van der Waals surface area (Å²) in [5.74, 6) is -0.653. The molecule has 0 radical (unpaired) electrons. The zero-order chi connectivity index (χ0) is 9.31. The summed E-state index contributed by atoms with van der Waals surface area (Å²) in [6.07, 6.45) is 6.99. The maximum atomic E-state index is 11.0. The molecular weight excluding hydrogens is 166 g/mol. The first kappa shape index (κ1) is 9.00. The van der Waals surface area contributed by atoms with Crippen molar-refractivity contribution < 1.29 is 9.90 Å². The molecule has 1 spiro atoms. The molecule has 0 bridgehead atoms. The van der Waals surface area contributed by atoms with Crippen molar-refractivity contribution in [1.82, 2.24) is 5.32 Å². The molecule has 0 amide bonds.